The molecule has 23 heavy (non-hydrogen) atoms. The second-order valence-corrected chi connectivity index (χ2v) is 8.75. The molecule has 1 aliphatic carbocycles. The molecule has 5 heteroatoms. The molecule has 0 aromatic heterocycles. The molecule has 0 amide bonds. The number of rotatable bonds is 7. The maximum atomic E-state index is 11.8. The predicted octanol–water partition coefficient (Wildman–Crippen LogP) is 3.69. The standard InChI is InChI=1S/C18H29NO3S/c1-4-23(20,21)19-18-8-6-5-7-16(18)13-22-17-11-9-15(10-12-17)14(2)3/h9-12,14,16,18-19H,4-8,13H2,1-3H3/t16-,18+/m1/s1. The van der Waals surface area contributed by atoms with Gasteiger partial charge >= 0.3 is 0 Å². The Balaban J connectivity index is 1.94. The molecule has 0 radical (unpaired) electrons. The summed E-state index contributed by atoms with van der Waals surface area (Å²) in [6.45, 7) is 6.58. The van der Waals surface area contributed by atoms with Crippen molar-refractivity contribution >= 4 is 10.0 Å². The van der Waals surface area contributed by atoms with Gasteiger partial charge in [-0.05, 0) is 43.4 Å². The molecular weight excluding hydrogens is 310 g/mol. The van der Waals surface area contributed by atoms with Gasteiger partial charge in [-0.1, -0.05) is 38.8 Å². The number of hydrogen-bond donors (Lipinski definition) is 1. The zero-order valence-corrected chi connectivity index (χ0v) is 15.2. The SMILES string of the molecule is CCS(=O)(=O)N[C@H]1CCCC[C@@H]1COc1ccc(C(C)C)cc1. The molecule has 1 N–H and O–H groups in total. The first kappa shape index (κ1) is 18.3. The summed E-state index contributed by atoms with van der Waals surface area (Å²) in [6.07, 6.45) is 4.14. The zero-order chi connectivity index (χ0) is 16.9. The summed E-state index contributed by atoms with van der Waals surface area (Å²) in [5.41, 5.74) is 1.29. The first-order valence-corrected chi connectivity index (χ1v) is 10.3. The van der Waals surface area contributed by atoms with Gasteiger partial charge in [0.25, 0.3) is 0 Å². The summed E-state index contributed by atoms with van der Waals surface area (Å²) in [4.78, 5) is 0. The van der Waals surface area contributed by atoms with E-state index in [4.69, 9.17) is 4.74 Å². The van der Waals surface area contributed by atoms with Gasteiger partial charge in [-0.3, -0.25) is 0 Å². The van der Waals surface area contributed by atoms with Gasteiger partial charge in [0, 0.05) is 12.0 Å². The van der Waals surface area contributed by atoms with Crippen LogP contribution in [0, 0.1) is 5.92 Å². The molecule has 2 atom stereocenters. The Kier molecular flexibility index (Phi) is 6.48. The third-order valence-electron chi connectivity index (χ3n) is 4.63. The van der Waals surface area contributed by atoms with Crippen molar-refractivity contribution in [2.45, 2.75) is 58.4 Å². The van der Waals surface area contributed by atoms with Gasteiger partial charge in [-0.15, -0.1) is 0 Å². The first-order chi connectivity index (χ1) is 10.9. The lowest BCUT2D eigenvalue weighted by molar-refractivity contribution is 0.180. The molecule has 0 saturated heterocycles. The van der Waals surface area contributed by atoms with Crippen LogP contribution in [0.4, 0.5) is 0 Å². The molecule has 2 rings (SSSR count). The van der Waals surface area contributed by atoms with Gasteiger partial charge in [0.15, 0.2) is 0 Å². The van der Waals surface area contributed by atoms with Crippen LogP contribution in [0.3, 0.4) is 0 Å². The van der Waals surface area contributed by atoms with Crippen LogP contribution in [-0.2, 0) is 10.0 Å². The fourth-order valence-electron chi connectivity index (χ4n) is 3.03. The summed E-state index contributed by atoms with van der Waals surface area (Å²) in [7, 11) is -3.16. The maximum Gasteiger partial charge on any atom is 0.211 e. The van der Waals surface area contributed by atoms with Gasteiger partial charge in [0.05, 0.1) is 12.4 Å². The summed E-state index contributed by atoms with van der Waals surface area (Å²) in [6, 6.07) is 8.20. The Morgan fingerprint density at radius 1 is 1.17 bits per heavy atom. The molecular formula is C18H29NO3S. The molecule has 1 aliphatic rings. The predicted molar refractivity (Wildman–Crippen MR) is 94.4 cm³/mol. The van der Waals surface area contributed by atoms with E-state index >= 15 is 0 Å². The minimum atomic E-state index is -3.16. The molecule has 0 aliphatic heterocycles. The second kappa shape index (κ2) is 8.15. The van der Waals surface area contributed by atoms with Crippen molar-refractivity contribution in [1.29, 1.82) is 0 Å². The average molecular weight is 340 g/mol. The molecule has 4 nitrogen and oxygen atoms in total. The van der Waals surface area contributed by atoms with E-state index in [2.05, 4.69) is 30.7 Å². The molecule has 1 saturated carbocycles. The Morgan fingerprint density at radius 3 is 2.43 bits per heavy atom. The van der Waals surface area contributed by atoms with Crippen LogP contribution in [0.2, 0.25) is 0 Å². The van der Waals surface area contributed by atoms with Crippen LogP contribution in [0.5, 0.6) is 5.75 Å². The summed E-state index contributed by atoms with van der Waals surface area (Å²) >= 11 is 0. The number of nitrogens with one attached hydrogen (secondary N) is 1. The van der Waals surface area contributed by atoms with Crippen LogP contribution >= 0.6 is 0 Å². The molecule has 130 valence electrons. The van der Waals surface area contributed by atoms with Crippen molar-refractivity contribution in [2.75, 3.05) is 12.4 Å². The van der Waals surface area contributed by atoms with Crippen molar-refractivity contribution < 1.29 is 13.2 Å². The van der Waals surface area contributed by atoms with Gasteiger partial charge < -0.3 is 4.74 Å². The Morgan fingerprint density at radius 2 is 1.83 bits per heavy atom. The monoisotopic (exact) mass is 339 g/mol. The van der Waals surface area contributed by atoms with Gasteiger partial charge in [-0.2, -0.15) is 0 Å². The van der Waals surface area contributed by atoms with Crippen molar-refractivity contribution in [3.05, 3.63) is 29.8 Å². The average Bonchev–Trinajstić information content (AvgIpc) is 2.54. The highest BCUT2D eigenvalue weighted by Crippen LogP contribution is 2.26. The van der Waals surface area contributed by atoms with Gasteiger partial charge in [0.2, 0.25) is 10.0 Å². The van der Waals surface area contributed by atoms with Crippen LogP contribution in [0.15, 0.2) is 24.3 Å². The quantitative estimate of drug-likeness (QED) is 0.824. The molecule has 0 heterocycles. The lowest BCUT2D eigenvalue weighted by atomic mass is 9.86. The van der Waals surface area contributed by atoms with Crippen molar-refractivity contribution in [3.8, 4) is 5.75 Å². The van der Waals surface area contributed by atoms with E-state index in [0.29, 0.717) is 12.5 Å². The fourth-order valence-corrected chi connectivity index (χ4v) is 3.97. The van der Waals surface area contributed by atoms with Crippen LogP contribution < -0.4 is 9.46 Å². The number of ether oxygens (including phenoxy) is 1. The Bertz CT molecular complexity index is 581. The molecule has 1 aromatic carbocycles. The highest BCUT2D eigenvalue weighted by atomic mass is 32.2. The van der Waals surface area contributed by atoms with E-state index in [1.54, 1.807) is 6.92 Å². The topological polar surface area (TPSA) is 55.4 Å². The van der Waals surface area contributed by atoms with Crippen molar-refractivity contribution in [3.63, 3.8) is 0 Å². The van der Waals surface area contributed by atoms with Crippen molar-refractivity contribution in [2.24, 2.45) is 5.92 Å². The van der Waals surface area contributed by atoms with Gasteiger partial charge in [0.1, 0.15) is 5.75 Å². The first-order valence-electron chi connectivity index (χ1n) is 8.64. The van der Waals surface area contributed by atoms with Crippen LogP contribution in [-0.4, -0.2) is 26.8 Å². The van der Waals surface area contributed by atoms with Crippen molar-refractivity contribution in [1.82, 2.24) is 4.72 Å². The maximum absolute atomic E-state index is 11.8. The van der Waals surface area contributed by atoms with Gasteiger partial charge in [-0.25, -0.2) is 13.1 Å². The highest BCUT2D eigenvalue weighted by Gasteiger charge is 2.28. The normalized spacial score (nSPS) is 22.3. The smallest absolute Gasteiger partial charge is 0.211 e. The summed E-state index contributed by atoms with van der Waals surface area (Å²) in [5, 5.41) is 0. The van der Waals surface area contributed by atoms with Crippen LogP contribution in [0.1, 0.15) is 57.9 Å². The van der Waals surface area contributed by atoms with Crippen LogP contribution in [0.25, 0.3) is 0 Å². The molecule has 0 spiro atoms. The van der Waals surface area contributed by atoms with E-state index in [-0.39, 0.29) is 17.7 Å². The van der Waals surface area contributed by atoms with E-state index in [9.17, 15) is 8.42 Å². The Labute approximate surface area is 140 Å². The molecule has 0 unspecified atom stereocenters. The number of sulfonamides is 1. The third-order valence-corrected chi connectivity index (χ3v) is 6.05. The fraction of sp³-hybridized carbons (Fsp3) is 0.667. The van der Waals surface area contributed by atoms with E-state index in [1.165, 1.54) is 5.56 Å². The van der Waals surface area contributed by atoms with E-state index in [1.807, 2.05) is 12.1 Å². The third kappa shape index (κ3) is 5.50. The second-order valence-electron chi connectivity index (χ2n) is 6.71. The minimum Gasteiger partial charge on any atom is -0.493 e. The zero-order valence-electron chi connectivity index (χ0n) is 14.4. The molecule has 0 bridgehead atoms. The summed E-state index contributed by atoms with van der Waals surface area (Å²) in [5.74, 6) is 1.75. The van der Waals surface area contributed by atoms with E-state index < -0.39 is 10.0 Å². The minimum absolute atomic E-state index is 0.00337. The lowest BCUT2D eigenvalue weighted by Crippen LogP contribution is -2.44. The number of benzene rings is 1. The Hall–Kier alpha value is -1.07. The molecule has 1 fully saturated rings. The summed E-state index contributed by atoms with van der Waals surface area (Å²) < 4.78 is 32.4. The largest absolute Gasteiger partial charge is 0.493 e. The highest BCUT2D eigenvalue weighted by molar-refractivity contribution is 7.89. The molecule has 1 aromatic rings. The lowest BCUT2D eigenvalue weighted by Gasteiger charge is -2.31. The van der Waals surface area contributed by atoms with E-state index in [0.717, 1.165) is 31.4 Å². The number of hydrogen-bond acceptors (Lipinski definition) is 3.